The molecule has 2 unspecified atom stereocenters. The molecule has 5 rings (SSSR count). The number of hydrogen-bond donors (Lipinski definition) is 2. The van der Waals surface area contributed by atoms with Gasteiger partial charge < -0.3 is 19.3 Å². The van der Waals surface area contributed by atoms with E-state index >= 15 is 0 Å². The summed E-state index contributed by atoms with van der Waals surface area (Å²) in [5.41, 5.74) is 8.71. The molecule has 0 aliphatic carbocycles. The number of nitrogens with zero attached hydrogens (tertiary/aromatic N) is 3. The zero-order valence-corrected chi connectivity index (χ0v) is 17.8. The predicted octanol–water partition coefficient (Wildman–Crippen LogP) is 1.84. The van der Waals surface area contributed by atoms with Crippen LogP contribution in [0.4, 0.5) is 0 Å². The van der Waals surface area contributed by atoms with Crippen LogP contribution in [0.1, 0.15) is 36.4 Å². The number of aromatic nitrogens is 1. The molecule has 1 aromatic heterocycles. The molecule has 3 aliphatic rings. The van der Waals surface area contributed by atoms with Gasteiger partial charge in [-0.3, -0.25) is 9.78 Å². The fourth-order valence-corrected chi connectivity index (χ4v) is 4.65. The Balaban J connectivity index is 1.30. The standard InChI is InChI=1S/C23H29N5O3/c1-27-9-6-18(7-10-27)28(14-16-3-2-8-24-13-16)23(29)20-12-19(25-26-20)17-4-5-21-22(11-17)31-15-30-21/h2-5,8,11,13,18-20,25-26H,6-7,9-10,12,14-15H2,1H3. The van der Waals surface area contributed by atoms with Crippen LogP contribution < -0.4 is 20.3 Å². The second kappa shape index (κ2) is 8.82. The SMILES string of the molecule is CN1CCC(N(Cc2cccnc2)C(=O)C2CC(c3ccc4c(c3)OCO4)NN2)CC1. The van der Waals surface area contributed by atoms with Gasteiger partial charge in [-0.2, -0.15) is 0 Å². The Kier molecular flexibility index (Phi) is 5.76. The summed E-state index contributed by atoms with van der Waals surface area (Å²) >= 11 is 0. The molecule has 0 saturated carbocycles. The second-order valence-corrected chi connectivity index (χ2v) is 8.60. The number of piperidine rings is 1. The molecule has 8 nitrogen and oxygen atoms in total. The topological polar surface area (TPSA) is 79.0 Å². The minimum atomic E-state index is -0.272. The van der Waals surface area contributed by atoms with Crippen molar-refractivity contribution in [3.8, 4) is 11.5 Å². The summed E-state index contributed by atoms with van der Waals surface area (Å²) in [5, 5.41) is 0. The van der Waals surface area contributed by atoms with Gasteiger partial charge in [-0.1, -0.05) is 12.1 Å². The fraction of sp³-hybridized carbons (Fsp3) is 0.478. The van der Waals surface area contributed by atoms with Gasteiger partial charge in [-0.25, -0.2) is 10.9 Å². The van der Waals surface area contributed by atoms with Gasteiger partial charge in [0.1, 0.15) is 6.04 Å². The second-order valence-electron chi connectivity index (χ2n) is 8.60. The van der Waals surface area contributed by atoms with Crippen molar-refractivity contribution in [2.24, 2.45) is 0 Å². The van der Waals surface area contributed by atoms with Gasteiger partial charge in [0, 0.05) is 31.0 Å². The van der Waals surface area contributed by atoms with Gasteiger partial charge in [0.25, 0.3) is 0 Å². The number of amides is 1. The highest BCUT2D eigenvalue weighted by Gasteiger charge is 2.36. The first-order valence-electron chi connectivity index (χ1n) is 11.0. The molecule has 164 valence electrons. The van der Waals surface area contributed by atoms with Gasteiger partial charge in [0.2, 0.25) is 12.7 Å². The van der Waals surface area contributed by atoms with Crippen molar-refractivity contribution in [2.75, 3.05) is 26.9 Å². The number of hydrazine groups is 1. The molecule has 3 aliphatic heterocycles. The highest BCUT2D eigenvalue weighted by atomic mass is 16.7. The fourth-order valence-electron chi connectivity index (χ4n) is 4.65. The lowest BCUT2D eigenvalue weighted by molar-refractivity contribution is -0.137. The molecule has 2 saturated heterocycles. The largest absolute Gasteiger partial charge is 0.454 e. The zero-order chi connectivity index (χ0) is 21.2. The smallest absolute Gasteiger partial charge is 0.241 e. The Morgan fingerprint density at radius 1 is 1.19 bits per heavy atom. The lowest BCUT2D eigenvalue weighted by atomic mass is 9.98. The third kappa shape index (κ3) is 4.37. The number of nitrogens with one attached hydrogen (secondary N) is 2. The van der Waals surface area contributed by atoms with E-state index in [-0.39, 0.29) is 30.8 Å². The van der Waals surface area contributed by atoms with Crippen molar-refractivity contribution in [3.05, 3.63) is 53.9 Å². The van der Waals surface area contributed by atoms with Crippen LogP contribution in [0.15, 0.2) is 42.7 Å². The number of benzene rings is 1. The zero-order valence-electron chi connectivity index (χ0n) is 17.8. The molecular formula is C23H29N5O3. The highest BCUT2D eigenvalue weighted by Crippen LogP contribution is 2.36. The molecule has 0 spiro atoms. The van der Waals surface area contributed by atoms with E-state index < -0.39 is 0 Å². The number of likely N-dealkylation sites (tertiary alicyclic amines) is 1. The van der Waals surface area contributed by atoms with E-state index in [1.54, 1.807) is 6.20 Å². The summed E-state index contributed by atoms with van der Waals surface area (Å²) in [6, 6.07) is 9.95. The van der Waals surface area contributed by atoms with Crippen LogP contribution in [0.3, 0.4) is 0 Å². The number of fused-ring (bicyclic) bond motifs is 1. The maximum absolute atomic E-state index is 13.6. The summed E-state index contributed by atoms with van der Waals surface area (Å²) in [5.74, 6) is 1.68. The average molecular weight is 424 g/mol. The molecule has 2 atom stereocenters. The summed E-state index contributed by atoms with van der Waals surface area (Å²) in [7, 11) is 2.14. The van der Waals surface area contributed by atoms with Crippen molar-refractivity contribution in [2.45, 2.75) is 43.9 Å². The molecule has 1 aromatic carbocycles. The van der Waals surface area contributed by atoms with E-state index in [1.807, 2.05) is 36.5 Å². The number of pyridine rings is 1. The van der Waals surface area contributed by atoms with E-state index in [4.69, 9.17) is 9.47 Å². The molecular weight excluding hydrogens is 394 g/mol. The normalized spacial score (nSPS) is 23.8. The molecule has 2 N–H and O–H groups in total. The van der Waals surface area contributed by atoms with Gasteiger partial charge in [0.05, 0.1) is 0 Å². The Hall–Kier alpha value is -2.68. The van der Waals surface area contributed by atoms with E-state index in [0.717, 1.165) is 48.6 Å². The predicted molar refractivity (Wildman–Crippen MR) is 115 cm³/mol. The molecule has 0 radical (unpaired) electrons. The summed E-state index contributed by atoms with van der Waals surface area (Å²) < 4.78 is 10.9. The van der Waals surface area contributed by atoms with Gasteiger partial charge in [0.15, 0.2) is 11.5 Å². The van der Waals surface area contributed by atoms with Crippen LogP contribution in [0.2, 0.25) is 0 Å². The number of carbonyl (C=O) groups is 1. The third-order valence-corrected chi connectivity index (χ3v) is 6.49. The highest BCUT2D eigenvalue weighted by molar-refractivity contribution is 5.82. The van der Waals surface area contributed by atoms with E-state index in [9.17, 15) is 4.79 Å². The maximum Gasteiger partial charge on any atom is 0.241 e. The molecule has 4 heterocycles. The quantitative estimate of drug-likeness (QED) is 0.760. The molecule has 2 aromatic rings. The first-order valence-corrected chi connectivity index (χ1v) is 11.0. The molecule has 31 heavy (non-hydrogen) atoms. The van der Waals surface area contributed by atoms with E-state index in [2.05, 4.69) is 32.7 Å². The molecule has 0 bridgehead atoms. The van der Waals surface area contributed by atoms with Crippen molar-refractivity contribution < 1.29 is 14.3 Å². The van der Waals surface area contributed by atoms with E-state index in [1.165, 1.54) is 0 Å². The lowest BCUT2D eigenvalue weighted by Gasteiger charge is -2.38. The molecule has 2 fully saturated rings. The molecule has 8 heteroatoms. The van der Waals surface area contributed by atoms with Crippen molar-refractivity contribution in [1.82, 2.24) is 25.6 Å². The summed E-state index contributed by atoms with van der Waals surface area (Å²) in [6.45, 7) is 2.87. The lowest BCUT2D eigenvalue weighted by Crippen LogP contribution is -2.52. The Labute approximate surface area is 182 Å². The minimum Gasteiger partial charge on any atom is -0.454 e. The number of carbonyl (C=O) groups excluding carboxylic acids is 1. The van der Waals surface area contributed by atoms with Crippen LogP contribution >= 0.6 is 0 Å². The summed E-state index contributed by atoms with van der Waals surface area (Å²) in [4.78, 5) is 22.3. The van der Waals surface area contributed by atoms with Gasteiger partial charge >= 0.3 is 0 Å². The minimum absolute atomic E-state index is 0.0428. The first kappa shape index (κ1) is 20.2. The number of ether oxygens (including phenoxy) is 2. The van der Waals surface area contributed by atoms with Crippen LogP contribution in [-0.4, -0.2) is 59.7 Å². The van der Waals surface area contributed by atoms with Crippen LogP contribution in [-0.2, 0) is 11.3 Å². The van der Waals surface area contributed by atoms with Crippen molar-refractivity contribution in [1.29, 1.82) is 0 Å². The van der Waals surface area contributed by atoms with Crippen molar-refractivity contribution >= 4 is 5.91 Å². The Morgan fingerprint density at radius 3 is 2.84 bits per heavy atom. The summed E-state index contributed by atoms with van der Waals surface area (Å²) in [6.07, 6.45) is 6.30. The van der Waals surface area contributed by atoms with Crippen LogP contribution in [0.25, 0.3) is 0 Å². The monoisotopic (exact) mass is 423 g/mol. The number of hydrogen-bond acceptors (Lipinski definition) is 7. The van der Waals surface area contributed by atoms with E-state index in [0.29, 0.717) is 13.0 Å². The number of rotatable bonds is 5. The average Bonchev–Trinajstić information content (AvgIpc) is 3.48. The van der Waals surface area contributed by atoms with Gasteiger partial charge in [-0.05, 0) is 68.7 Å². The molecule has 1 amide bonds. The maximum atomic E-state index is 13.6. The first-order chi connectivity index (χ1) is 15.2. The van der Waals surface area contributed by atoms with Crippen LogP contribution in [0, 0.1) is 0 Å². The third-order valence-electron chi connectivity index (χ3n) is 6.49. The van der Waals surface area contributed by atoms with Crippen molar-refractivity contribution in [3.63, 3.8) is 0 Å². The Bertz CT molecular complexity index is 917. The van der Waals surface area contributed by atoms with Crippen LogP contribution in [0.5, 0.6) is 11.5 Å². The Morgan fingerprint density at radius 2 is 2.03 bits per heavy atom. The van der Waals surface area contributed by atoms with Gasteiger partial charge in [-0.15, -0.1) is 0 Å².